The molecule has 8 heteroatoms. The van der Waals surface area contributed by atoms with E-state index in [1.54, 1.807) is 0 Å². The van der Waals surface area contributed by atoms with Crippen LogP contribution in [0.3, 0.4) is 0 Å². The minimum Gasteiger partial charge on any atom is -0.394 e. The maximum absolute atomic E-state index is 11.3. The zero-order chi connectivity index (χ0) is 25.9. The second kappa shape index (κ2) is 12.2. The summed E-state index contributed by atoms with van der Waals surface area (Å²) in [6.45, 7) is 24.5. The molecule has 0 aliphatic carbocycles. The van der Waals surface area contributed by atoms with Gasteiger partial charge in [0.15, 0.2) is 0 Å². The van der Waals surface area contributed by atoms with Gasteiger partial charge < -0.3 is 30.6 Å². The quantitative estimate of drug-likeness (QED) is 0.218. The fourth-order valence-electron chi connectivity index (χ4n) is 7.42. The molecule has 0 saturated carbocycles. The lowest BCUT2D eigenvalue weighted by Crippen LogP contribution is -2.66. The molecule has 0 rings (SSSR count). The number of rotatable bonds is 13. The van der Waals surface area contributed by atoms with Crippen molar-refractivity contribution in [2.45, 2.75) is 152 Å². The topological polar surface area (TPSA) is 121 Å². The Morgan fingerprint density at radius 2 is 0.469 bits per heavy atom. The van der Waals surface area contributed by atoms with E-state index in [0.29, 0.717) is 0 Å². The van der Waals surface area contributed by atoms with Crippen molar-refractivity contribution in [2.75, 3.05) is 0 Å². The Bertz CT molecular complexity index is 461. The van der Waals surface area contributed by atoms with Crippen LogP contribution >= 0.6 is 0 Å². The molecule has 0 saturated heterocycles. The molecule has 0 aliphatic heterocycles. The third kappa shape index (κ3) is 5.53. The summed E-state index contributed by atoms with van der Waals surface area (Å²) in [7, 11) is -5.11. The summed E-state index contributed by atoms with van der Waals surface area (Å²) < 4.78 is 0. The summed E-state index contributed by atoms with van der Waals surface area (Å²) in [5, 5.41) is 66.3. The van der Waals surface area contributed by atoms with Crippen molar-refractivity contribution >= 4 is 16.1 Å². The first-order valence-corrected chi connectivity index (χ1v) is 17.1. The van der Waals surface area contributed by atoms with Gasteiger partial charge in [0.1, 0.15) is 24.4 Å². The summed E-state index contributed by atoms with van der Waals surface area (Å²) in [6.07, 6.45) is -6.76. The molecule has 0 aromatic carbocycles. The molecule has 0 radical (unpaired) electrons. The van der Waals surface area contributed by atoms with Crippen molar-refractivity contribution < 1.29 is 30.6 Å². The predicted octanol–water partition coefficient (Wildman–Crippen LogP) is 3.59. The fraction of sp³-hybridized carbons (Fsp3) is 1.00. The Morgan fingerprint density at radius 1 is 0.312 bits per heavy atom. The van der Waals surface area contributed by atoms with Crippen LogP contribution in [0.2, 0.25) is 33.2 Å². The van der Waals surface area contributed by atoms with Crippen molar-refractivity contribution in [1.29, 1.82) is 0 Å². The van der Waals surface area contributed by atoms with Gasteiger partial charge in [-0.15, -0.1) is 0 Å². The molecule has 0 heterocycles. The Hall–Kier alpha value is 0.194. The van der Waals surface area contributed by atoms with Crippen LogP contribution in [0.1, 0.15) is 83.1 Å². The van der Waals surface area contributed by atoms with Crippen LogP contribution in [0.5, 0.6) is 0 Å². The van der Waals surface area contributed by atoms with Gasteiger partial charge in [-0.2, -0.15) is 0 Å². The number of aliphatic hydroxyl groups excluding tert-OH is 6. The van der Waals surface area contributed by atoms with Gasteiger partial charge in [0.25, 0.3) is 0 Å². The normalized spacial score (nSPS) is 19.9. The zero-order valence-corrected chi connectivity index (χ0v) is 24.6. The molecular weight excluding hydrogens is 440 g/mol. The molecule has 0 aromatic heterocycles. The molecule has 6 N–H and O–H groups in total. The highest BCUT2D eigenvalue weighted by molar-refractivity contribution is 6.85. The minimum absolute atomic E-state index is 0.134. The average molecular weight is 495 g/mol. The molecule has 0 aliphatic rings. The smallest absolute Gasteiger partial charge is 0.111 e. The first-order chi connectivity index (χ1) is 14.4. The fourth-order valence-corrected chi connectivity index (χ4v) is 21.1. The van der Waals surface area contributed by atoms with Crippen molar-refractivity contribution in [1.82, 2.24) is 0 Å². The van der Waals surface area contributed by atoms with Gasteiger partial charge in [-0.05, 0) is 33.2 Å². The third-order valence-corrected chi connectivity index (χ3v) is 23.5. The highest BCUT2D eigenvalue weighted by atomic mass is 28.3. The van der Waals surface area contributed by atoms with Crippen LogP contribution in [0, 0.1) is 0 Å². The van der Waals surface area contributed by atoms with E-state index in [1.165, 1.54) is 0 Å². The van der Waals surface area contributed by atoms with Crippen molar-refractivity contribution in [2.24, 2.45) is 0 Å². The van der Waals surface area contributed by atoms with E-state index in [2.05, 4.69) is 0 Å². The second-order valence-corrected chi connectivity index (χ2v) is 23.9. The van der Waals surface area contributed by atoms with Crippen LogP contribution in [0.15, 0.2) is 0 Å². The van der Waals surface area contributed by atoms with E-state index in [1.807, 2.05) is 83.1 Å². The van der Waals surface area contributed by atoms with Gasteiger partial charge in [0.2, 0.25) is 0 Å². The van der Waals surface area contributed by atoms with E-state index >= 15 is 0 Å². The molecule has 194 valence electrons. The van der Waals surface area contributed by atoms with Gasteiger partial charge in [0, 0.05) is 0 Å². The molecule has 2 unspecified atom stereocenters. The Morgan fingerprint density at radius 3 is 0.594 bits per heavy atom. The lowest BCUT2D eigenvalue weighted by Gasteiger charge is -2.50. The van der Waals surface area contributed by atoms with E-state index in [-0.39, 0.29) is 33.2 Å². The molecule has 0 fully saturated rings. The average Bonchev–Trinajstić information content (AvgIpc) is 2.64. The van der Waals surface area contributed by atoms with Crippen LogP contribution in [0.25, 0.3) is 0 Å². The molecule has 6 nitrogen and oxygen atoms in total. The lowest BCUT2D eigenvalue weighted by atomic mass is 10.0. The molecule has 0 amide bonds. The highest BCUT2D eigenvalue weighted by Crippen LogP contribution is 2.46. The summed E-state index contributed by atoms with van der Waals surface area (Å²) >= 11 is 0. The molecule has 6 atom stereocenters. The Kier molecular flexibility index (Phi) is 12.3. The number of hydrogen-bond donors (Lipinski definition) is 6. The third-order valence-electron chi connectivity index (χ3n) is 8.72. The van der Waals surface area contributed by atoms with Crippen LogP contribution < -0.4 is 0 Å². The summed E-state index contributed by atoms with van der Waals surface area (Å²) in [4.78, 5) is 0. The second-order valence-electron chi connectivity index (χ2n) is 11.8. The van der Waals surface area contributed by atoms with Crippen LogP contribution in [-0.2, 0) is 0 Å². The first kappa shape index (κ1) is 32.2. The van der Waals surface area contributed by atoms with E-state index in [9.17, 15) is 30.6 Å². The van der Waals surface area contributed by atoms with E-state index in [4.69, 9.17) is 0 Å². The number of aliphatic hydroxyl groups is 6. The van der Waals surface area contributed by atoms with Gasteiger partial charge in [0.05, 0.1) is 27.6 Å². The molecular formula is C24H54O6Si2. The molecule has 32 heavy (non-hydrogen) atoms. The zero-order valence-electron chi connectivity index (χ0n) is 22.6. The van der Waals surface area contributed by atoms with Gasteiger partial charge >= 0.3 is 0 Å². The maximum atomic E-state index is 11.3. The minimum atomic E-state index is -2.56. The van der Waals surface area contributed by atoms with Crippen LogP contribution in [0.4, 0.5) is 0 Å². The summed E-state index contributed by atoms with van der Waals surface area (Å²) in [5.41, 5.74) is -1.56. The first-order valence-electron chi connectivity index (χ1n) is 12.5. The predicted molar refractivity (Wildman–Crippen MR) is 138 cm³/mol. The van der Waals surface area contributed by atoms with E-state index in [0.717, 1.165) is 0 Å². The van der Waals surface area contributed by atoms with Crippen LogP contribution in [-0.4, -0.2) is 82.7 Å². The van der Waals surface area contributed by atoms with Crippen molar-refractivity contribution in [3.63, 3.8) is 0 Å². The molecule has 0 aromatic rings. The van der Waals surface area contributed by atoms with Gasteiger partial charge in [-0.25, -0.2) is 0 Å². The SMILES string of the molecule is CC(C)[Si](C(C)C)(C(C)C)C(O)[C@@H](O)[C@@H](O)[C@H](O)[C@H](O)C(O)[Si](C(C)C)(C(C)C)C(C)C. The monoisotopic (exact) mass is 494 g/mol. The molecule has 0 spiro atoms. The Labute approximate surface area is 199 Å². The van der Waals surface area contributed by atoms with Gasteiger partial charge in [-0.3, -0.25) is 0 Å². The van der Waals surface area contributed by atoms with Crippen molar-refractivity contribution in [3.05, 3.63) is 0 Å². The van der Waals surface area contributed by atoms with E-state index < -0.39 is 52.0 Å². The molecule has 0 bridgehead atoms. The highest BCUT2D eigenvalue weighted by Gasteiger charge is 2.56. The Balaban J connectivity index is 6.08. The largest absolute Gasteiger partial charge is 0.394 e. The number of hydrogen-bond acceptors (Lipinski definition) is 6. The summed E-state index contributed by atoms with van der Waals surface area (Å²) in [5.74, 6) is 0. The van der Waals surface area contributed by atoms with Gasteiger partial charge in [-0.1, -0.05) is 83.1 Å². The van der Waals surface area contributed by atoms with Crippen molar-refractivity contribution in [3.8, 4) is 0 Å². The lowest BCUT2D eigenvalue weighted by molar-refractivity contribution is -0.137. The summed E-state index contributed by atoms with van der Waals surface area (Å²) in [6, 6.07) is 0. The maximum Gasteiger partial charge on any atom is 0.111 e. The standard InChI is InChI=1S/C24H54O6Si2/c1-13(2)31(14(3)4,15(5)6)23(29)21(27)19(25)20(26)22(28)24(30)32(16(7)8,17(9)10)18(11)12/h13-30H,1-12H3/t19-,20-,21-,22-,23?,24?/m0/s1.